The summed E-state index contributed by atoms with van der Waals surface area (Å²) in [5.74, 6) is -0.443. The van der Waals surface area contributed by atoms with Gasteiger partial charge in [0.25, 0.3) is 0 Å². The molecule has 0 radical (unpaired) electrons. The first-order valence-corrected chi connectivity index (χ1v) is 12.2. The van der Waals surface area contributed by atoms with E-state index in [1.54, 1.807) is 24.0 Å². The third-order valence-electron chi connectivity index (χ3n) is 5.72. The molecule has 4 nitrogen and oxygen atoms in total. The minimum Gasteiger partial charge on any atom is -0.352 e. The molecule has 0 saturated heterocycles. The van der Waals surface area contributed by atoms with E-state index in [1.165, 1.54) is 0 Å². The fourth-order valence-electron chi connectivity index (χ4n) is 3.91. The Kier molecular flexibility index (Phi) is 9.14. The Morgan fingerprint density at radius 2 is 1.38 bits per heavy atom. The van der Waals surface area contributed by atoms with Crippen molar-refractivity contribution in [3.05, 3.63) is 106 Å². The van der Waals surface area contributed by atoms with Crippen molar-refractivity contribution in [1.29, 1.82) is 0 Å². The summed E-state index contributed by atoms with van der Waals surface area (Å²) < 4.78 is 0. The minimum absolute atomic E-state index is 0.0294. The van der Waals surface area contributed by atoms with Crippen LogP contribution in [0.25, 0.3) is 0 Å². The first kappa shape index (κ1) is 25.8. The lowest BCUT2D eigenvalue weighted by Gasteiger charge is -2.31. The van der Waals surface area contributed by atoms with E-state index in [-0.39, 0.29) is 36.7 Å². The van der Waals surface area contributed by atoms with Gasteiger partial charge in [-0.2, -0.15) is 0 Å². The van der Waals surface area contributed by atoms with Crippen LogP contribution in [-0.4, -0.2) is 28.8 Å². The lowest BCUT2D eigenvalue weighted by Crippen LogP contribution is -2.49. The van der Waals surface area contributed by atoms with Gasteiger partial charge in [0.1, 0.15) is 6.04 Å². The molecule has 178 valence electrons. The van der Waals surface area contributed by atoms with Gasteiger partial charge in [-0.15, -0.1) is 0 Å². The Balaban J connectivity index is 1.93. The fraction of sp³-hybridized carbons (Fsp3) is 0.286. The van der Waals surface area contributed by atoms with E-state index in [2.05, 4.69) is 5.32 Å². The number of rotatable bonds is 9. The Morgan fingerprint density at radius 3 is 1.88 bits per heavy atom. The monoisotopic (exact) mass is 496 g/mol. The second kappa shape index (κ2) is 12.0. The third kappa shape index (κ3) is 6.85. The quantitative estimate of drug-likeness (QED) is 0.369. The van der Waals surface area contributed by atoms with Gasteiger partial charge in [-0.3, -0.25) is 9.59 Å². The van der Waals surface area contributed by atoms with Crippen LogP contribution in [0.5, 0.6) is 0 Å². The van der Waals surface area contributed by atoms with Gasteiger partial charge in [0.2, 0.25) is 11.8 Å². The van der Waals surface area contributed by atoms with E-state index in [0.717, 1.165) is 16.7 Å². The van der Waals surface area contributed by atoms with Gasteiger partial charge in [-0.1, -0.05) is 89.9 Å². The fourth-order valence-corrected chi connectivity index (χ4v) is 4.23. The van der Waals surface area contributed by atoms with Crippen LogP contribution in [0.15, 0.2) is 78.9 Å². The molecule has 3 aromatic rings. The number of hydrogen-bond donors (Lipinski definition) is 1. The van der Waals surface area contributed by atoms with Gasteiger partial charge >= 0.3 is 0 Å². The number of nitrogens with zero attached hydrogens (tertiary/aromatic N) is 1. The SMILES string of the molecule is CC(C)NC(=O)[C@@H](C)N(Cc1ccc(Cl)c(Cl)c1)C(=O)CC(c1ccccc1)c1ccccc1. The molecule has 0 spiro atoms. The number of carbonyl (C=O) groups excluding carboxylic acids is 2. The molecule has 2 amide bonds. The highest BCUT2D eigenvalue weighted by Crippen LogP contribution is 2.30. The Hall–Kier alpha value is -2.82. The maximum Gasteiger partial charge on any atom is 0.242 e. The molecule has 3 aromatic carbocycles. The molecule has 0 heterocycles. The number of halogens is 2. The maximum absolute atomic E-state index is 13.8. The second-order valence-corrected chi connectivity index (χ2v) is 9.50. The van der Waals surface area contributed by atoms with E-state index in [9.17, 15) is 9.59 Å². The summed E-state index contributed by atoms with van der Waals surface area (Å²) in [7, 11) is 0. The van der Waals surface area contributed by atoms with Crippen molar-refractivity contribution in [3.8, 4) is 0 Å². The second-order valence-electron chi connectivity index (χ2n) is 8.69. The summed E-state index contributed by atoms with van der Waals surface area (Å²) in [6.45, 7) is 5.80. The summed E-state index contributed by atoms with van der Waals surface area (Å²) in [6.07, 6.45) is 0.231. The average molecular weight is 497 g/mol. The first-order valence-electron chi connectivity index (χ1n) is 11.4. The molecule has 0 aliphatic rings. The highest BCUT2D eigenvalue weighted by atomic mass is 35.5. The van der Waals surface area contributed by atoms with Gasteiger partial charge in [0, 0.05) is 24.9 Å². The smallest absolute Gasteiger partial charge is 0.242 e. The molecule has 0 unspecified atom stereocenters. The number of hydrogen-bond acceptors (Lipinski definition) is 2. The van der Waals surface area contributed by atoms with Crippen molar-refractivity contribution in [1.82, 2.24) is 10.2 Å². The van der Waals surface area contributed by atoms with Crippen molar-refractivity contribution in [3.63, 3.8) is 0 Å². The Bertz CT molecular complexity index is 1060. The lowest BCUT2D eigenvalue weighted by atomic mass is 9.88. The molecule has 0 bridgehead atoms. The Morgan fingerprint density at radius 1 is 0.824 bits per heavy atom. The van der Waals surface area contributed by atoms with Crippen LogP contribution in [0.4, 0.5) is 0 Å². The van der Waals surface area contributed by atoms with Gasteiger partial charge < -0.3 is 10.2 Å². The van der Waals surface area contributed by atoms with Crippen LogP contribution in [0, 0.1) is 0 Å². The molecule has 1 N–H and O–H groups in total. The van der Waals surface area contributed by atoms with E-state index in [1.807, 2.05) is 80.6 Å². The normalized spacial score (nSPS) is 12.0. The largest absolute Gasteiger partial charge is 0.352 e. The van der Waals surface area contributed by atoms with Crippen LogP contribution in [0.2, 0.25) is 10.0 Å². The molecule has 34 heavy (non-hydrogen) atoms. The summed E-state index contributed by atoms with van der Waals surface area (Å²) in [6, 6.07) is 24.5. The molecule has 0 aliphatic carbocycles. The van der Waals surface area contributed by atoms with E-state index < -0.39 is 6.04 Å². The molecule has 0 aromatic heterocycles. The van der Waals surface area contributed by atoms with Gasteiger partial charge in [-0.25, -0.2) is 0 Å². The molecule has 1 atom stereocenters. The maximum atomic E-state index is 13.8. The predicted molar refractivity (Wildman–Crippen MR) is 139 cm³/mol. The molecule has 0 aliphatic heterocycles. The zero-order chi connectivity index (χ0) is 24.7. The molecular weight excluding hydrogens is 467 g/mol. The topological polar surface area (TPSA) is 49.4 Å². The summed E-state index contributed by atoms with van der Waals surface area (Å²) >= 11 is 12.3. The van der Waals surface area contributed by atoms with Crippen LogP contribution in [0.3, 0.4) is 0 Å². The van der Waals surface area contributed by atoms with Crippen LogP contribution < -0.4 is 5.32 Å². The summed E-state index contributed by atoms with van der Waals surface area (Å²) in [5.41, 5.74) is 2.91. The van der Waals surface area contributed by atoms with E-state index in [0.29, 0.717) is 10.0 Å². The van der Waals surface area contributed by atoms with E-state index in [4.69, 9.17) is 23.2 Å². The van der Waals surface area contributed by atoms with Crippen molar-refractivity contribution in [2.24, 2.45) is 0 Å². The van der Waals surface area contributed by atoms with Gasteiger partial charge in [0.05, 0.1) is 10.0 Å². The lowest BCUT2D eigenvalue weighted by molar-refractivity contribution is -0.141. The summed E-state index contributed by atoms with van der Waals surface area (Å²) in [4.78, 5) is 28.3. The zero-order valence-electron chi connectivity index (χ0n) is 19.7. The standard InChI is InChI=1S/C28H30Cl2N2O2/c1-19(2)31-28(34)20(3)32(18-21-14-15-25(29)26(30)16-21)27(33)17-24(22-10-6-4-7-11-22)23-12-8-5-9-13-23/h4-16,19-20,24H,17-18H2,1-3H3,(H,31,34)/t20-/m1/s1. The number of nitrogens with one attached hydrogen (secondary N) is 1. The minimum atomic E-state index is -0.656. The average Bonchev–Trinajstić information content (AvgIpc) is 2.83. The molecule has 6 heteroatoms. The third-order valence-corrected chi connectivity index (χ3v) is 6.46. The molecular formula is C28H30Cl2N2O2. The van der Waals surface area contributed by atoms with Crippen LogP contribution >= 0.6 is 23.2 Å². The number of benzene rings is 3. The molecule has 0 saturated carbocycles. The van der Waals surface area contributed by atoms with E-state index >= 15 is 0 Å². The van der Waals surface area contributed by atoms with Crippen molar-refractivity contribution < 1.29 is 9.59 Å². The van der Waals surface area contributed by atoms with Gasteiger partial charge in [0.15, 0.2) is 0 Å². The Labute approximate surface area is 211 Å². The number of carbonyl (C=O) groups is 2. The highest BCUT2D eigenvalue weighted by Gasteiger charge is 2.29. The van der Waals surface area contributed by atoms with Crippen LogP contribution in [-0.2, 0) is 16.1 Å². The van der Waals surface area contributed by atoms with Crippen molar-refractivity contribution >= 4 is 35.0 Å². The summed E-state index contributed by atoms with van der Waals surface area (Å²) in [5, 5.41) is 3.78. The van der Waals surface area contributed by atoms with Crippen molar-refractivity contribution in [2.75, 3.05) is 0 Å². The first-order chi connectivity index (χ1) is 16.3. The number of amides is 2. The predicted octanol–water partition coefficient (Wildman–Crippen LogP) is 6.46. The zero-order valence-corrected chi connectivity index (χ0v) is 21.2. The molecule has 3 rings (SSSR count). The highest BCUT2D eigenvalue weighted by molar-refractivity contribution is 6.42. The molecule has 0 fully saturated rings. The van der Waals surface area contributed by atoms with Crippen molar-refractivity contribution in [2.45, 2.75) is 51.7 Å². The van der Waals surface area contributed by atoms with Crippen LogP contribution in [0.1, 0.15) is 49.8 Å². The van der Waals surface area contributed by atoms with Gasteiger partial charge in [-0.05, 0) is 49.6 Å².